The molecule has 1 unspecified atom stereocenters. The van der Waals surface area contributed by atoms with E-state index in [0.29, 0.717) is 32.2 Å². The molecule has 2 aromatic rings. The molecule has 13 heteroatoms. The molecule has 5 aliphatic heterocycles. The van der Waals surface area contributed by atoms with E-state index >= 15 is 0 Å². The van der Waals surface area contributed by atoms with E-state index < -0.39 is 48.2 Å². The summed E-state index contributed by atoms with van der Waals surface area (Å²) in [5, 5.41) is 9.37. The number of hydrogen-bond acceptors (Lipinski definition) is 7. The average Bonchev–Trinajstić information content (AvgIpc) is 3.43. The third kappa shape index (κ3) is 5.28. The molecule has 0 spiro atoms. The number of unbranched alkanes of at least 4 members (excludes halogenated alkanes) is 1. The molecule has 0 radical (unpaired) electrons. The molecule has 0 saturated heterocycles. The molecule has 0 amide bonds. The number of carbonyl (C=O) groups is 1. The van der Waals surface area contributed by atoms with E-state index in [1.54, 1.807) is 24.3 Å². The number of aliphatic carboxylic acids is 1. The van der Waals surface area contributed by atoms with E-state index in [0.717, 1.165) is 64.4 Å². The fraction of sp³-hybridized carbons (Fsp3) is 0.500. The van der Waals surface area contributed by atoms with Crippen molar-refractivity contribution in [1.29, 1.82) is 0 Å². The van der Waals surface area contributed by atoms with E-state index in [2.05, 4.69) is 63.2 Å². The zero-order valence-corrected chi connectivity index (χ0v) is 32.6. The van der Waals surface area contributed by atoms with Crippen LogP contribution in [0.25, 0.3) is 0 Å². The molecule has 5 heterocycles. The van der Waals surface area contributed by atoms with Crippen molar-refractivity contribution in [1.82, 2.24) is 0 Å². The maximum Gasteiger partial charge on any atom is 0.303 e. The van der Waals surface area contributed by atoms with Crippen LogP contribution in [-0.2, 0) is 40.6 Å². The number of nitrogens with zero attached hydrogens (tertiary/aromatic N) is 2. The molecule has 282 valence electrons. The SMILES string of the molecule is CC1(C)C2=[N+](CC[C@@]3(C)C[C@@]4(C)O[C@@]5(C)CCN6C(=C5C=C4C=C23)C(C)(CCCCC(=O)O)c2cc(S(=O)(=O)O)ccc26)c2ccc(S(=O)(=O)O)cc21. The second-order valence-corrected chi connectivity index (χ2v) is 20.1. The standard InChI is InChI=1S/C40H46N2O9S2/c1-36(2)27-21-25(52(45,46)47)10-12-31(27)41-17-15-37(3)23-40(6)24(19-29(37)34(36)41)20-30-35-38(4,14-8-7-9-33(43)44)28-22-26(53(48,49)50)11-13-32(28)42(35)18-16-39(30,5)51-40/h10-13,19-22H,7-9,14-18,23H2,1-6H3,(H2-,43,44,45,46,47,48,49,50)/p+1/t37-,38?,39-,40+/m0/s1. The third-order valence-electron chi connectivity index (χ3n) is 13.2. The van der Waals surface area contributed by atoms with Crippen LogP contribution >= 0.6 is 0 Å². The number of carboxylic acid groups (broad SMARTS) is 1. The van der Waals surface area contributed by atoms with Crippen molar-refractivity contribution in [3.05, 3.63) is 82.1 Å². The molecule has 0 fully saturated rings. The molecule has 0 saturated carbocycles. The van der Waals surface area contributed by atoms with Crippen LogP contribution in [0.1, 0.15) is 97.6 Å². The summed E-state index contributed by atoms with van der Waals surface area (Å²) in [5.41, 5.74) is 6.00. The van der Waals surface area contributed by atoms with Gasteiger partial charge in [-0.25, -0.2) is 0 Å². The molecular formula is C40H47N2O9S2+. The molecule has 0 aromatic heterocycles. The summed E-state index contributed by atoms with van der Waals surface area (Å²) < 4.78 is 78.6. The van der Waals surface area contributed by atoms with Crippen molar-refractivity contribution >= 4 is 43.3 Å². The second-order valence-electron chi connectivity index (χ2n) is 17.2. The van der Waals surface area contributed by atoms with Crippen molar-refractivity contribution in [2.75, 3.05) is 18.0 Å². The Balaban J connectivity index is 1.31. The van der Waals surface area contributed by atoms with Crippen molar-refractivity contribution in [3.63, 3.8) is 0 Å². The smallest absolute Gasteiger partial charge is 0.303 e. The van der Waals surface area contributed by atoms with E-state index in [4.69, 9.17) is 4.74 Å². The quantitative estimate of drug-likeness (QED) is 0.155. The molecule has 2 aromatic carbocycles. The first-order valence-corrected chi connectivity index (χ1v) is 21.2. The number of anilines is 1. The Morgan fingerprint density at radius 3 is 2.19 bits per heavy atom. The van der Waals surface area contributed by atoms with Gasteiger partial charge in [0, 0.05) is 64.4 Å². The van der Waals surface area contributed by atoms with Gasteiger partial charge in [0.2, 0.25) is 5.69 Å². The number of carboxylic acids is 1. The first-order chi connectivity index (χ1) is 24.5. The highest BCUT2D eigenvalue weighted by molar-refractivity contribution is 7.86. The third-order valence-corrected chi connectivity index (χ3v) is 14.9. The fourth-order valence-electron chi connectivity index (χ4n) is 10.6. The summed E-state index contributed by atoms with van der Waals surface area (Å²) in [6.07, 6.45) is 8.51. The number of hydrogen-bond donors (Lipinski definition) is 3. The van der Waals surface area contributed by atoms with Gasteiger partial charge in [0.1, 0.15) is 6.54 Å². The van der Waals surface area contributed by atoms with Crippen LogP contribution in [0.5, 0.6) is 0 Å². The molecule has 8 rings (SSSR count). The summed E-state index contributed by atoms with van der Waals surface area (Å²) in [6.45, 7) is 14.3. The van der Waals surface area contributed by atoms with Crippen LogP contribution in [0.3, 0.4) is 0 Å². The van der Waals surface area contributed by atoms with E-state index in [-0.39, 0.29) is 21.6 Å². The van der Waals surface area contributed by atoms with E-state index in [1.165, 1.54) is 17.7 Å². The minimum absolute atomic E-state index is 0.0341. The Morgan fingerprint density at radius 1 is 0.868 bits per heavy atom. The Bertz CT molecular complexity index is 2390. The van der Waals surface area contributed by atoms with Gasteiger partial charge >= 0.3 is 5.97 Å². The topological polar surface area (TPSA) is 162 Å². The summed E-state index contributed by atoms with van der Waals surface area (Å²) in [5.74, 6) is -0.863. The number of benzene rings is 2. The lowest BCUT2D eigenvalue weighted by molar-refractivity contribution is -0.446. The van der Waals surface area contributed by atoms with E-state index in [1.807, 2.05) is 0 Å². The van der Waals surface area contributed by atoms with Crippen LogP contribution in [0.15, 0.2) is 80.8 Å². The summed E-state index contributed by atoms with van der Waals surface area (Å²) in [4.78, 5) is 13.4. The number of fused-ring (bicyclic) bond motifs is 9. The highest BCUT2D eigenvalue weighted by Gasteiger charge is 2.61. The molecule has 4 atom stereocenters. The van der Waals surface area contributed by atoms with Gasteiger partial charge < -0.3 is 14.7 Å². The lowest BCUT2D eigenvalue weighted by Crippen LogP contribution is -2.56. The largest absolute Gasteiger partial charge is 0.481 e. The summed E-state index contributed by atoms with van der Waals surface area (Å²) in [6, 6.07) is 9.63. The van der Waals surface area contributed by atoms with Gasteiger partial charge in [-0.05, 0) is 114 Å². The van der Waals surface area contributed by atoms with Crippen molar-refractivity contribution in [3.8, 4) is 0 Å². The Morgan fingerprint density at radius 2 is 1.53 bits per heavy atom. The average molecular weight is 764 g/mol. The van der Waals surface area contributed by atoms with Crippen LogP contribution in [0.2, 0.25) is 0 Å². The van der Waals surface area contributed by atoms with Crippen LogP contribution in [0, 0.1) is 5.41 Å². The Labute approximate surface area is 311 Å². The molecular weight excluding hydrogens is 717 g/mol. The summed E-state index contributed by atoms with van der Waals surface area (Å²) in [7, 11) is -8.86. The predicted molar refractivity (Wildman–Crippen MR) is 199 cm³/mol. The van der Waals surface area contributed by atoms with Crippen molar-refractivity contribution < 1.29 is 45.2 Å². The fourth-order valence-corrected chi connectivity index (χ4v) is 11.6. The highest BCUT2D eigenvalue weighted by atomic mass is 32.2. The molecule has 0 bridgehead atoms. The number of allylic oxidation sites excluding steroid dienone is 2. The highest BCUT2D eigenvalue weighted by Crippen LogP contribution is 2.62. The predicted octanol–water partition coefficient (Wildman–Crippen LogP) is 6.85. The normalized spacial score (nSPS) is 31.1. The summed E-state index contributed by atoms with van der Waals surface area (Å²) >= 11 is 0. The lowest BCUT2D eigenvalue weighted by Gasteiger charge is -2.55. The molecule has 6 aliphatic rings. The number of ether oxygens (including phenoxy) is 1. The van der Waals surface area contributed by atoms with Gasteiger partial charge in [-0.1, -0.05) is 13.3 Å². The molecule has 53 heavy (non-hydrogen) atoms. The zero-order chi connectivity index (χ0) is 38.3. The van der Waals surface area contributed by atoms with Gasteiger partial charge in [0.15, 0.2) is 5.71 Å². The van der Waals surface area contributed by atoms with Crippen LogP contribution in [-0.4, -0.2) is 71.6 Å². The lowest BCUT2D eigenvalue weighted by atomic mass is 9.58. The van der Waals surface area contributed by atoms with Gasteiger partial charge in [0.05, 0.1) is 26.4 Å². The van der Waals surface area contributed by atoms with Gasteiger partial charge in [0.25, 0.3) is 20.2 Å². The van der Waals surface area contributed by atoms with Gasteiger partial charge in [-0.3, -0.25) is 13.9 Å². The first-order valence-electron chi connectivity index (χ1n) is 18.3. The first kappa shape index (κ1) is 36.4. The van der Waals surface area contributed by atoms with E-state index in [9.17, 15) is 35.8 Å². The molecule has 11 nitrogen and oxygen atoms in total. The number of rotatable bonds is 7. The second kappa shape index (κ2) is 11.2. The van der Waals surface area contributed by atoms with Crippen molar-refractivity contribution in [2.24, 2.45) is 5.41 Å². The Hall–Kier alpha value is -3.62. The van der Waals surface area contributed by atoms with Gasteiger partial charge in [-0.15, -0.1) is 0 Å². The maximum absolute atomic E-state index is 12.3. The van der Waals surface area contributed by atoms with Crippen LogP contribution in [0.4, 0.5) is 11.4 Å². The molecule has 1 aliphatic carbocycles. The molecule has 3 N–H and O–H groups in total. The Kier molecular flexibility index (Phi) is 7.70. The maximum atomic E-state index is 12.3. The van der Waals surface area contributed by atoms with Crippen molar-refractivity contribution in [2.45, 2.75) is 118 Å². The van der Waals surface area contributed by atoms with Gasteiger partial charge in [-0.2, -0.15) is 21.4 Å². The van der Waals surface area contributed by atoms with Crippen LogP contribution < -0.4 is 4.90 Å². The minimum Gasteiger partial charge on any atom is -0.481 e. The minimum atomic E-state index is -4.47. The monoisotopic (exact) mass is 763 g/mol. The zero-order valence-electron chi connectivity index (χ0n) is 31.0.